The highest BCUT2D eigenvalue weighted by molar-refractivity contribution is 7.89. The molecule has 0 spiro atoms. The van der Waals surface area contributed by atoms with Gasteiger partial charge in [0.25, 0.3) is 0 Å². The number of para-hydroxylation sites is 1. The van der Waals surface area contributed by atoms with Gasteiger partial charge in [0.05, 0.1) is 5.69 Å². The molecule has 5 heteroatoms. The Morgan fingerprint density at radius 2 is 2.06 bits per heavy atom. The van der Waals surface area contributed by atoms with Gasteiger partial charge in [-0.2, -0.15) is 0 Å². The van der Waals surface area contributed by atoms with E-state index in [4.69, 9.17) is 6.42 Å². The molecule has 0 heterocycles. The highest BCUT2D eigenvalue weighted by Crippen LogP contribution is 2.20. The molecular weight excluding hydrogens is 236 g/mol. The molecule has 0 fully saturated rings. The highest BCUT2D eigenvalue weighted by Gasteiger charge is 2.15. The lowest BCUT2D eigenvalue weighted by molar-refractivity contribution is 0.588. The van der Waals surface area contributed by atoms with Crippen LogP contribution < -0.4 is 10.0 Å². The van der Waals surface area contributed by atoms with Crippen molar-refractivity contribution in [1.29, 1.82) is 0 Å². The second-order valence-corrected chi connectivity index (χ2v) is 5.29. The van der Waals surface area contributed by atoms with E-state index in [0.717, 1.165) is 6.42 Å². The largest absolute Gasteiger partial charge is 0.384 e. The number of unbranched alkanes of at least 4 members (excludes halogenated alkanes) is 1. The minimum Gasteiger partial charge on any atom is -0.384 e. The van der Waals surface area contributed by atoms with Crippen LogP contribution in [0.2, 0.25) is 0 Å². The maximum atomic E-state index is 11.7. The topological polar surface area (TPSA) is 58.2 Å². The van der Waals surface area contributed by atoms with Gasteiger partial charge in [-0.15, -0.1) is 12.3 Å². The Morgan fingerprint density at radius 3 is 2.71 bits per heavy atom. The van der Waals surface area contributed by atoms with Crippen LogP contribution in [0.15, 0.2) is 29.2 Å². The summed E-state index contributed by atoms with van der Waals surface area (Å²) in [5, 5.41) is 3.07. The van der Waals surface area contributed by atoms with Gasteiger partial charge in [0, 0.05) is 13.0 Å². The molecule has 1 rings (SSSR count). The molecule has 4 nitrogen and oxygen atoms in total. The van der Waals surface area contributed by atoms with Gasteiger partial charge in [0.2, 0.25) is 10.0 Å². The van der Waals surface area contributed by atoms with E-state index in [1.54, 1.807) is 24.3 Å². The fourth-order valence-corrected chi connectivity index (χ4v) is 2.28. The summed E-state index contributed by atoms with van der Waals surface area (Å²) in [4.78, 5) is 0.253. The third kappa shape index (κ3) is 3.77. The van der Waals surface area contributed by atoms with Gasteiger partial charge in [-0.05, 0) is 25.6 Å². The summed E-state index contributed by atoms with van der Waals surface area (Å²) in [7, 11) is -2.03. The van der Waals surface area contributed by atoms with Gasteiger partial charge < -0.3 is 5.32 Å². The molecular formula is C12H16N2O2S. The first-order valence-electron chi connectivity index (χ1n) is 5.31. The number of anilines is 1. The molecule has 0 aliphatic carbocycles. The van der Waals surface area contributed by atoms with Crippen LogP contribution in [0.25, 0.3) is 0 Å². The Bertz CT molecular complexity index is 503. The fraction of sp³-hybridized carbons (Fsp3) is 0.333. The number of hydrogen-bond acceptors (Lipinski definition) is 3. The average molecular weight is 252 g/mol. The van der Waals surface area contributed by atoms with Gasteiger partial charge in [0.1, 0.15) is 4.90 Å². The van der Waals surface area contributed by atoms with Crippen molar-refractivity contribution in [1.82, 2.24) is 4.72 Å². The number of benzene rings is 1. The second kappa shape index (κ2) is 6.28. The van der Waals surface area contributed by atoms with Crippen LogP contribution >= 0.6 is 0 Å². The Morgan fingerprint density at radius 1 is 1.35 bits per heavy atom. The van der Waals surface area contributed by atoms with E-state index in [9.17, 15) is 8.42 Å². The molecule has 1 aromatic rings. The molecule has 92 valence electrons. The second-order valence-electron chi connectivity index (χ2n) is 3.44. The van der Waals surface area contributed by atoms with E-state index >= 15 is 0 Å². The fourth-order valence-electron chi connectivity index (χ4n) is 1.37. The predicted molar refractivity (Wildman–Crippen MR) is 69.2 cm³/mol. The minimum absolute atomic E-state index is 0.253. The van der Waals surface area contributed by atoms with Gasteiger partial charge in [-0.3, -0.25) is 0 Å². The van der Waals surface area contributed by atoms with Crippen molar-refractivity contribution in [2.24, 2.45) is 0 Å². The molecule has 17 heavy (non-hydrogen) atoms. The van der Waals surface area contributed by atoms with Crippen molar-refractivity contribution in [2.45, 2.75) is 17.7 Å². The molecule has 2 N–H and O–H groups in total. The monoisotopic (exact) mass is 252 g/mol. The van der Waals surface area contributed by atoms with E-state index in [2.05, 4.69) is 16.0 Å². The summed E-state index contributed by atoms with van der Waals surface area (Å²) >= 11 is 0. The predicted octanol–water partition coefficient (Wildman–Crippen LogP) is 1.42. The van der Waals surface area contributed by atoms with Crippen LogP contribution in [0.5, 0.6) is 0 Å². The maximum absolute atomic E-state index is 11.7. The molecule has 0 saturated heterocycles. The molecule has 0 aliphatic heterocycles. The van der Waals surface area contributed by atoms with Crippen molar-refractivity contribution in [3.63, 3.8) is 0 Å². The Kier molecular flexibility index (Phi) is 5.01. The Hall–Kier alpha value is -1.51. The van der Waals surface area contributed by atoms with Crippen LogP contribution in [0.4, 0.5) is 5.69 Å². The quantitative estimate of drug-likeness (QED) is 0.594. The first-order valence-corrected chi connectivity index (χ1v) is 6.80. The van der Waals surface area contributed by atoms with Crippen LogP contribution in [-0.2, 0) is 10.0 Å². The SMILES string of the molecule is C#CCCCNc1ccccc1S(=O)(=O)NC. The van der Waals surface area contributed by atoms with E-state index in [1.165, 1.54) is 7.05 Å². The molecule has 0 bridgehead atoms. The zero-order valence-corrected chi connectivity index (χ0v) is 10.5. The van der Waals surface area contributed by atoms with Crippen molar-refractivity contribution >= 4 is 15.7 Å². The van der Waals surface area contributed by atoms with E-state index < -0.39 is 10.0 Å². The van der Waals surface area contributed by atoms with Crippen molar-refractivity contribution in [3.8, 4) is 12.3 Å². The van der Waals surface area contributed by atoms with E-state index in [1.807, 2.05) is 0 Å². The smallest absolute Gasteiger partial charge is 0.242 e. The lowest BCUT2D eigenvalue weighted by atomic mass is 10.3. The summed E-state index contributed by atoms with van der Waals surface area (Å²) in [6.45, 7) is 0.653. The van der Waals surface area contributed by atoms with Crippen LogP contribution in [0.3, 0.4) is 0 Å². The lowest BCUT2D eigenvalue weighted by Crippen LogP contribution is -2.20. The standard InChI is InChI=1S/C12H16N2O2S/c1-3-4-7-10-14-11-8-5-6-9-12(11)17(15,16)13-2/h1,5-6,8-9,13-14H,4,7,10H2,2H3. The minimum atomic E-state index is -3.42. The lowest BCUT2D eigenvalue weighted by Gasteiger charge is -2.11. The van der Waals surface area contributed by atoms with Gasteiger partial charge in [-0.1, -0.05) is 12.1 Å². The number of hydrogen-bond donors (Lipinski definition) is 2. The molecule has 0 aliphatic rings. The summed E-state index contributed by atoms with van der Waals surface area (Å²) in [6.07, 6.45) is 6.63. The van der Waals surface area contributed by atoms with Gasteiger partial charge in [-0.25, -0.2) is 13.1 Å². The Labute approximate surface area is 102 Å². The number of rotatable bonds is 6. The zero-order valence-electron chi connectivity index (χ0n) is 9.73. The average Bonchev–Trinajstić information content (AvgIpc) is 2.35. The molecule has 0 unspecified atom stereocenters. The first kappa shape index (κ1) is 13.6. The molecule has 0 radical (unpaired) electrons. The number of terminal acetylenes is 1. The molecule has 0 atom stereocenters. The van der Waals surface area contributed by atoms with Crippen molar-refractivity contribution in [2.75, 3.05) is 18.9 Å². The van der Waals surface area contributed by atoms with Crippen molar-refractivity contribution < 1.29 is 8.42 Å². The normalized spacial score (nSPS) is 10.8. The molecule has 0 saturated carbocycles. The third-order valence-electron chi connectivity index (χ3n) is 2.26. The number of sulfonamides is 1. The third-order valence-corrected chi connectivity index (χ3v) is 3.73. The number of nitrogens with one attached hydrogen (secondary N) is 2. The van der Waals surface area contributed by atoms with Crippen molar-refractivity contribution in [3.05, 3.63) is 24.3 Å². The molecule has 0 aromatic heterocycles. The van der Waals surface area contributed by atoms with E-state index in [0.29, 0.717) is 18.7 Å². The van der Waals surface area contributed by atoms with Crippen LogP contribution in [-0.4, -0.2) is 22.0 Å². The molecule has 1 aromatic carbocycles. The maximum Gasteiger partial charge on any atom is 0.242 e. The summed E-state index contributed by atoms with van der Waals surface area (Å²) < 4.78 is 25.8. The van der Waals surface area contributed by atoms with Crippen LogP contribution in [0, 0.1) is 12.3 Å². The summed E-state index contributed by atoms with van der Waals surface area (Å²) in [5.41, 5.74) is 0.596. The highest BCUT2D eigenvalue weighted by atomic mass is 32.2. The van der Waals surface area contributed by atoms with Gasteiger partial charge >= 0.3 is 0 Å². The van der Waals surface area contributed by atoms with Gasteiger partial charge in [0.15, 0.2) is 0 Å². The zero-order chi connectivity index (χ0) is 12.7. The first-order chi connectivity index (χ1) is 8.11. The summed E-state index contributed by atoms with van der Waals surface area (Å²) in [6, 6.07) is 6.78. The van der Waals surface area contributed by atoms with E-state index in [-0.39, 0.29) is 4.90 Å². The Balaban J connectivity index is 2.83. The molecule has 0 amide bonds. The summed E-state index contributed by atoms with van der Waals surface area (Å²) in [5.74, 6) is 2.54. The van der Waals surface area contributed by atoms with Crippen LogP contribution in [0.1, 0.15) is 12.8 Å².